The van der Waals surface area contributed by atoms with Crippen molar-refractivity contribution in [2.75, 3.05) is 27.2 Å². The maximum absolute atomic E-state index is 12.6. The molecule has 0 spiro atoms. The van der Waals surface area contributed by atoms with Crippen LogP contribution in [0.5, 0.6) is 11.5 Å². The molecule has 9 heteroatoms. The molecule has 0 aliphatic carbocycles. The first-order chi connectivity index (χ1) is 16.2. The number of ether oxygens (including phenoxy) is 2. The Morgan fingerprint density at radius 2 is 1.68 bits per heavy atom. The molecule has 2 aromatic rings. The lowest BCUT2D eigenvalue weighted by atomic mass is 10.0. The monoisotopic (exact) mass is 471 g/mol. The summed E-state index contributed by atoms with van der Waals surface area (Å²) in [6, 6.07) is 12.7. The van der Waals surface area contributed by atoms with Gasteiger partial charge < -0.3 is 19.7 Å². The van der Waals surface area contributed by atoms with Gasteiger partial charge in [-0.1, -0.05) is 26.0 Å². The van der Waals surface area contributed by atoms with E-state index in [-0.39, 0.29) is 36.4 Å². The zero-order valence-electron chi connectivity index (χ0n) is 20.2. The van der Waals surface area contributed by atoms with Crippen LogP contribution in [0.25, 0.3) is 0 Å². The number of nitrogens with zero attached hydrogens (tertiary/aromatic N) is 2. The molecule has 0 saturated heterocycles. The van der Waals surface area contributed by atoms with Crippen molar-refractivity contribution in [3.05, 3.63) is 64.2 Å². The minimum atomic E-state index is -0.518. The Balaban J connectivity index is 1.73. The lowest BCUT2D eigenvalue weighted by Gasteiger charge is -2.24. The summed E-state index contributed by atoms with van der Waals surface area (Å²) in [6.45, 7) is 4.96. The van der Waals surface area contributed by atoms with Crippen molar-refractivity contribution in [1.82, 2.24) is 10.2 Å². The number of rotatable bonds is 13. The maximum Gasteiger partial charge on any atom is 0.314 e. The van der Waals surface area contributed by atoms with E-state index in [9.17, 15) is 19.7 Å². The molecule has 0 aliphatic heterocycles. The van der Waals surface area contributed by atoms with Crippen molar-refractivity contribution < 1.29 is 24.0 Å². The number of amides is 1. The van der Waals surface area contributed by atoms with Gasteiger partial charge in [-0.3, -0.25) is 19.7 Å². The van der Waals surface area contributed by atoms with Crippen LogP contribution in [0.1, 0.15) is 32.3 Å². The van der Waals surface area contributed by atoms with E-state index in [2.05, 4.69) is 19.2 Å². The fraction of sp³-hybridized carbons (Fsp3) is 0.440. The molecule has 0 radical (unpaired) electrons. The molecule has 9 nitrogen and oxygen atoms in total. The van der Waals surface area contributed by atoms with Gasteiger partial charge in [-0.25, -0.2) is 0 Å². The van der Waals surface area contributed by atoms with Gasteiger partial charge in [-0.2, -0.15) is 0 Å². The summed E-state index contributed by atoms with van der Waals surface area (Å²) in [5.41, 5.74) is 1.01. The number of non-ortho nitro benzene ring substituents is 1. The first-order valence-corrected chi connectivity index (χ1v) is 11.3. The molecule has 184 valence electrons. The van der Waals surface area contributed by atoms with Gasteiger partial charge in [-0.15, -0.1) is 0 Å². The van der Waals surface area contributed by atoms with Crippen molar-refractivity contribution in [2.45, 2.75) is 39.2 Å². The third-order valence-corrected chi connectivity index (χ3v) is 5.24. The smallest absolute Gasteiger partial charge is 0.314 e. The Hall–Kier alpha value is -3.46. The van der Waals surface area contributed by atoms with E-state index in [1.807, 2.05) is 38.4 Å². The summed E-state index contributed by atoms with van der Waals surface area (Å²) in [4.78, 5) is 36.4. The number of carbonyl (C=O) groups excluding carboxylic acids is 2. The minimum Gasteiger partial charge on any atom is -0.493 e. The first-order valence-electron chi connectivity index (χ1n) is 11.3. The average molecular weight is 472 g/mol. The lowest BCUT2D eigenvalue weighted by Crippen LogP contribution is -2.44. The predicted molar refractivity (Wildman–Crippen MR) is 129 cm³/mol. The molecule has 34 heavy (non-hydrogen) atoms. The van der Waals surface area contributed by atoms with Crippen LogP contribution in [-0.2, 0) is 16.0 Å². The summed E-state index contributed by atoms with van der Waals surface area (Å²) in [5, 5.41) is 13.8. The molecule has 0 bridgehead atoms. The topological polar surface area (TPSA) is 111 Å². The summed E-state index contributed by atoms with van der Waals surface area (Å²) < 4.78 is 10.8. The maximum atomic E-state index is 12.6. The number of hydrogen-bond acceptors (Lipinski definition) is 7. The summed E-state index contributed by atoms with van der Waals surface area (Å²) >= 11 is 0. The van der Waals surface area contributed by atoms with Crippen LogP contribution in [0.15, 0.2) is 48.5 Å². The standard InChI is InChI=1S/C25H33N3O6/c1-18(2)17-23(26-3)25(30)27(4)15-13-19-5-9-21(10-6-19)33-16-14-24(29)34-22-11-7-20(8-12-22)28(31)32/h5-12,18,23,26H,13-17H2,1-4H3. The summed E-state index contributed by atoms with van der Waals surface area (Å²) in [6.07, 6.45) is 1.56. The molecule has 0 aliphatic rings. The van der Waals surface area contributed by atoms with E-state index >= 15 is 0 Å². The van der Waals surface area contributed by atoms with Crippen LogP contribution in [0.2, 0.25) is 0 Å². The van der Waals surface area contributed by atoms with Gasteiger partial charge in [-0.05, 0) is 55.6 Å². The highest BCUT2D eigenvalue weighted by Gasteiger charge is 2.21. The van der Waals surface area contributed by atoms with Crippen molar-refractivity contribution >= 4 is 17.6 Å². The van der Waals surface area contributed by atoms with Gasteiger partial charge in [0.2, 0.25) is 5.91 Å². The van der Waals surface area contributed by atoms with E-state index < -0.39 is 10.9 Å². The normalized spacial score (nSPS) is 11.7. The van der Waals surface area contributed by atoms with Crippen LogP contribution in [-0.4, -0.2) is 55.0 Å². The van der Waals surface area contributed by atoms with Gasteiger partial charge in [0.25, 0.3) is 5.69 Å². The Bertz CT molecular complexity index is 944. The van der Waals surface area contributed by atoms with Crippen LogP contribution in [0, 0.1) is 16.0 Å². The number of nitro groups is 1. The van der Waals surface area contributed by atoms with Crippen LogP contribution >= 0.6 is 0 Å². The highest BCUT2D eigenvalue weighted by molar-refractivity contribution is 5.81. The summed E-state index contributed by atoms with van der Waals surface area (Å²) in [7, 11) is 3.63. The van der Waals surface area contributed by atoms with Crippen molar-refractivity contribution in [3.8, 4) is 11.5 Å². The Morgan fingerprint density at radius 3 is 2.24 bits per heavy atom. The van der Waals surface area contributed by atoms with Crippen molar-refractivity contribution in [2.24, 2.45) is 5.92 Å². The highest BCUT2D eigenvalue weighted by Crippen LogP contribution is 2.18. The van der Waals surface area contributed by atoms with Crippen molar-refractivity contribution in [3.63, 3.8) is 0 Å². The van der Waals surface area contributed by atoms with E-state index in [1.54, 1.807) is 4.90 Å². The fourth-order valence-corrected chi connectivity index (χ4v) is 3.31. The molecule has 1 amide bonds. The molecular weight excluding hydrogens is 438 g/mol. The molecular formula is C25H33N3O6. The largest absolute Gasteiger partial charge is 0.493 e. The molecule has 1 N–H and O–H groups in total. The molecule has 1 atom stereocenters. The van der Waals surface area contributed by atoms with E-state index in [0.717, 1.165) is 18.4 Å². The molecule has 2 aromatic carbocycles. The number of hydrogen-bond donors (Lipinski definition) is 1. The first kappa shape index (κ1) is 26.8. The van der Waals surface area contributed by atoms with E-state index in [0.29, 0.717) is 18.2 Å². The minimum absolute atomic E-state index is 0.0364. The predicted octanol–water partition coefficient (Wildman–Crippen LogP) is 3.60. The number of likely N-dealkylation sites (N-methyl/N-ethyl adjacent to an activating group) is 2. The van der Waals surface area contributed by atoms with E-state index in [1.165, 1.54) is 24.3 Å². The quantitative estimate of drug-likeness (QED) is 0.206. The van der Waals surface area contributed by atoms with E-state index in [4.69, 9.17) is 9.47 Å². The second-order valence-electron chi connectivity index (χ2n) is 8.45. The third-order valence-electron chi connectivity index (χ3n) is 5.24. The summed E-state index contributed by atoms with van der Waals surface area (Å²) in [5.74, 6) is 0.913. The number of esters is 1. The SMILES string of the molecule is CNC(CC(C)C)C(=O)N(C)CCc1ccc(OCCC(=O)Oc2ccc([N+](=O)[O-])cc2)cc1. The van der Waals surface area contributed by atoms with Gasteiger partial charge in [0.05, 0.1) is 24.0 Å². The van der Waals surface area contributed by atoms with Gasteiger partial charge in [0, 0.05) is 25.7 Å². The molecule has 0 saturated carbocycles. The Kier molecular flexibility index (Phi) is 10.5. The van der Waals surface area contributed by atoms with Gasteiger partial charge >= 0.3 is 5.97 Å². The van der Waals surface area contributed by atoms with Crippen LogP contribution in [0.4, 0.5) is 5.69 Å². The number of carbonyl (C=O) groups is 2. The number of nitrogens with one attached hydrogen (secondary N) is 1. The Morgan fingerprint density at radius 1 is 1.06 bits per heavy atom. The second kappa shape index (κ2) is 13.3. The number of nitro benzene ring substituents is 1. The molecule has 0 heterocycles. The van der Waals surface area contributed by atoms with Crippen LogP contribution < -0.4 is 14.8 Å². The van der Waals surface area contributed by atoms with Crippen LogP contribution in [0.3, 0.4) is 0 Å². The average Bonchev–Trinajstić information content (AvgIpc) is 2.81. The zero-order valence-corrected chi connectivity index (χ0v) is 20.2. The molecule has 0 fully saturated rings. The molecule has 0 aromatic heterocycles. The Labute approximate surface area is 200 Å². The number of benzene rings is 2. The molecule has 2 rings (SSSR count). The zero-order chi connectivity index (χ0) is 25.1. The highest BCUT2D eigenvalue weighted by atomic mass is 16.6. The van der Waals surface area contributed by atoms with Crippen molar-refractivity contribution in [1.29, 1.82) is 0 Å². The second-order valence-corrected chi connectivity index (χ2v) is 8.45. The van der Waals surface area contributed by atoms with Gasteiger partial charge in [0.1, 0.15) is 11.5 Å². The lowest BCUT2D eigenvalue weighted by molar-refractivity contribution is -0.384. The van der Waals surface area contributed by atoms with Gasteiger partial charge in [0.15, 0.2) is 0 Å². The molecule has 1 unspecified atom stereocenters. The fourth-order valence-electron chi connectivity index (χ4n) is 3.31. The third kappa shape index (κ3) is 8.82.